The summed E-state index contributed by atoms with van der Waals surface area (Å²) >= 11 is 4.18. The van der Waals surface area contributed by atoms with Crippen molar-refractivity contribution in [2.75, 3.05) is 0 Å². The molecular formula is C19H21N3O2S. The van der Waals surface area contributed by atoms with Gasteiger partial charge in [0.25, 0.3) is 0 Å². The van der Waals surface area contributed by atoms with Gasteiger partial charge in [-0.2, -0.15) is 12.6 Å². The zero-order chi connectivity index (χ0) is 18.0. The maximum absolute atomic E-state index is 11.1. The largest absolute Gasteiger partial charge is 0.486 e. The first kappa shape index (κ1) is 17.4. The fraction of sp³-hybridized carbons (Fsp3) is 0.263. The molecule has 0 aliphatic carbocycles. The van der Waals surface area contributed by atoms with Crippen molar-refractivity contribution in [2.45, 2.75) is 25.2 Å². The molecular weight excluding hydrogens is 334 g/mol. The molecule has 1 atom stereocenters. The van der Waals surface area contributed by atoms with Crippen LogP contribution >= 0.6 is 12.6 Å². The Morgan fingerprint density at radius 3 is 2.68 bits per heavy atom. The summed E-state index contributed by atoms with van der Waals surface area (Å²) in [5, 5.41) is -0.477. The lowest BCUT2D eigenvalue weighted by Crippen LogP contribution is -2.25. The average molecular weight is 355 g/mol. The molecule has 0 radical (unpaired) electrons. The minimum Gasteiger partial charge on any atom is -0.486 e. The van der Waals surface area contributed by atoms with Gasteiger partial charge in [-0.25, -0.2) is 4.98 Å². The average Bonchev–Trinajstić information content (AvgIpc) is 2.90. The summed E-state index contributed by atoms with van der Waals surface area (Å²) in [6.07, 6.45) is 0.503. The van der Waals surface area contributed by atoms with E-state index in [2.05, 4.69) is 41.2 Å². The van der Waals surface area contributed by atoms with Crippen LogP contribution in [0.2, 0.25) is 0 Å². The van der Waals surface area contributed by atoms with Gasteiger partial charge < -0.3 is 15.0 Å². The van der Waals surface area contributed by atoms with E-state index < -0.39 is 11.2 Å². The number of aryl methyl sites for hydroxylation is 2. The third-order valence-electron chi connectivity index (χ3n) is 4.18. The molecule has 3 aromatic rings. The zero-order valence-corrected chi connectivity index (χ0v) is 15.2. The number of carbonyl (C=O) groups excluding carboxylic acids is 1. The highest BCUT2D eigenvalue weighted by Crippen LogP contribution is 2.19. The highest BCUT2D eigenvalue weighted by Gasteiger charge is 2.11. The number of ether oxygens (including phenoxy) is 1. The topological polar surface area (TPSA) is 70.1 Å². The molecule has 0 saturated carbocycles. The number of imidazole rings is 1. The number of fused-ring (bicyclic) bond motifs is 1. The van der Waals surface area contributed by atoms with Gasteiger partial charge in [0, 0.05) is 7.05 Å². The Bertz CT molecular complexity index is 903. The van der Waals surface area contributed by atoms with Crippen molar-refractivity contribution in [3.8, 4) is 5.75 Å². The molecule has 0 bridgehead atoms. The molecule has 6 heteroatoms. The second-order valence-electron chi connectivity index (χ2n) is 6.13. The fourth-order valence-electron chi connectivity index (χ4n) is 2.67. The second kappa shape index (κ2) is 7.19. The number of amides is 1. The second-order valence-corrected chi connectivity index (χ2v) is 6.76. The summed E-state index contributed by atoms with van der Waals surface area (Å²) in [5.74, 6) is 1.20. The molecule has 0 aliphatic heterocycles. The maximum atomic E-state index is 11.1. The van der Waals surface area contributed by atoms with E-state index in [1.807, 2.05) is 37.4 Å². The van der Waals surface area contributed by atoms with Crippen molar-refractivity contribution in [1.29, 1.82) is 0 Å². The number of hydrogen-bond donors (Lipinski definition) is 2. The van der Waals surface area contributed by atoms with Gasteiger partial charge in [0.05, 0.1) is 16.3 Å². The van der Waals surface area contributed by atoms with E-state index in [4.69, 9.17) is 10.5 Å². The Morgan fingerprint density at radius 2 is 2.00 bits per heavy atom. The van der Waals surface area contributed by atoms with Crippen molar-refractivity contribution < 1.29 is 9.53 Å². The molecule has 2 aromatic carbocycles. The fourth-order valence-corrected chi connectivity index (χ4v) is 2.88. The van der Waals surface area contributed by atoms with Gasteiger partial charge in [0.15, 0.2) is 0 Å². The standard InChI is InChI=1S/C19H21N3O2S/c1-12-3-8-15-16(9-12)22(2)18(21-15)11-24-14-6-4-13(5-7-14)10-17(25)19(20)23/h3-9,17,25H,10-11H2,1-2H3,(H2,20,23). The number of hydrogen-bond acceptors (Lipinski definition) is 4. The van der Waals surface area contributed by atoms with Gasteiger partial charge in [0.1, 0.15) is 18.2 Å². The summed E-state index contributed by atoms with van der Waals surface area (Å²) in [7, 11) is 1.99. The highest BCUT2D eigenvalue weighted by atomic mass is 32.1. The van der Waals surface area contributed by atoms with E-state index in [0.717, 1.165) is 28.2 Å². The van der Waals surface area contributed by atoms with E-state index in [9.17, 15) is 4.79 Å². The number of aromatic nitrogens is 2. The number of benzene rings is 2. The van der Waals surface area contributed by atoms with E-state index >= 15 is 0 Å². The van der Waals surface area contributed by atoms with E-state index in [1.54, 1.807) is 0 Å². The van der Waals surface area contributed by atoms with E-state index in [0.29, 0.717) is 13.0 Å². The first-order chi connectivity index (χ1) is 11.9. The molecule has 2 N–H and O–H groups in total. The molecule has 0 fully saturated rings. The maximum Gasteiger partial charge on any atom is 0.230 e. The van der Waals surface area contributed by atoms with Gasteiger partial charge in [-0.05, 0) is 48.7 Å². The summed E-state index contributed by atoms with van der Waals surface area (Å²) in [4.78, 5) is 15.7. The summed E-state index contributed by atoms with van der Waals surface area (Å²) in [6.45, 7) is 2.46. The number of nitrogens with zero attached hydrogens (tertiary/aromatic N) is 2. The van der Waals surface area contributed by atoms with Crippen LogP contribution in [0.5, 0.6) is 5.75 Å². The summed E-state index contributed by atoms with van der Waals surface area (Å²) in [6, 6.07) is 13.8. The Hall–Kier alpha value is -2.47. The minimum atomic E-state index is -0.477. The van der Waals surface area contributed by atoms with Gasteiger partial charge in [-0.1, -0.05) is 18.2 Å². The van der Waals surface area contributed by atoms with Crippen LogP contribution in [0.15, 0.2) is 42.5 Å². The zero-order valence-electron chi connectivity index (χ0n) is 14.3. The molecule has 0 aliphatic rings. The van der Waals surface area contributed by atoms with Crippen LogP contribution in [0.3, 0.4) is 0 Å². The molecule has 3 rings (SSSR count). The monoisotopic (exact) mass is 355 g/mol. The van der Waals surface area contributed by atoms with Crippen LogP contribution in [0.4, 0.5) is 0 Å². The Balaban J connectivity index is 1.67. The quantitative estimate of drug-likeness (QED) is 0.668. The number of primary amides is 1. The smallest absolute Gasteiger partial charge is 0.230 e. The van der Waals surface area contributed by atoms with E-state index in [-0.39, 0.29) is 0 Å². The predicted molar refractivity (Wildman–Crippen MR) is 102 cm³/mol. The van der Waals surface area contributed by atoms with Crippen molar-refractivity contribution in [1.82, 2.24) is 9.55 Å². The molecule has 5 nitrogen and oxygen atoms in total. The summed E-state index contributed by atoms with van der Waals surface area (Å²) in [5.41, 5.74) is 9.49. The lowest BCUT2D eigenvalue weighted by molar-refractivity contribution is -0.117. The molecule has 1 amide bonds. The molecule has 1 heterocycles. The SMILES string of the molecule is Cc1ccc2nc(COc3ccc(CC(S)C(N)=O)cc3)n(C)c2c1. The van der Waals surface area contributed by atoms with Gasteiger partial charge in [-0.3, -0.25) is 4.79 Å². The van der Waals surface area contributed by atoms with Crippen LogP contribution in [0.1, 0.15) is 17.0 Å². The van der Waals surface area contributed by atoms with Crippen LogP contribution in [0, 0.1) is 6.92 Å². The predicted octanol–water partition coefficient (Wildman–Crippen LogP) is 2.79. The number of carbonyl (C=O) groups is 1. The number of nitrogens with two attached hydrogens (primary N) is 1. The van der Waals surface area contributed by atoms with Gasteiger partial charge in [0.2, 0.25) is 5.91 Å². The highest BCUT2D eigenvalue weighted by molar-refractivity contribution is 7.81. The van der Waals surface area contributed by atoms with Crippen LogP contribution in [0.25, 0.3) is 11.0 Å². The van der Waals surface area contributed by atoms with E-state index in [1.165, 1.54) is 5.56 Å². The van der Waals surface area contributed by atoms with Crippen LogP contribution < -0.4 is 10.5 Å². The number of thiol groups is 1. The van der Waals surface area contributed by atoms with Crippen molar-refractivity contribution >= 4 is 29.6 Å². The van der Waals surface area contributed by atoms with Crippen LogP contribution in [-0.4, -0.2) is 20.7 Å². The molecule has 0 saturated heterocycles. The molecule has 0 spiro atoms. The molecule has 25 heavy (non-hydrogen) atoms. The molecule has 1 aromatic heterocycles. The van der Waals surface area contributed by atoms with Crippen molar-refractivity contribution in [3.63, 3.8) is 0 Å². The van der Waals surface area contributed by atoms with Crippen molar-refractivity contribution in [2.24, 2.45) is 12.8 Å². The first-order valence-corrected chi connectivity index (χ1v) is 8.57. The summed E-state index contributed by atoms with van der Waals surface area (Å²) < 4.78 is 7.90. The first-order valence-electron chi connectivity index (χ1n) is 8.05. The van der Waals surface area contributed by atoms with Gasteiger partial charge in [-0.15, -0.1) is 0 Å². The molecule has 1 unspecified atom stereocenters. The number of rotatable bonds is 6. The Labute approximate surface area is 152 Å². The molecule has 130 valence electrons. The Morgan fingerprint density at radius 1 is 1.28 bits per heavy atom. The lowest BCUT2D eigenvalue weighted by atomic mass is 10.1. The minimum absolute atomic E-state index is 0.389. The normalized spacial score (nSPS) is 12.3. The van der Waals surface area contributed by atoms with Gasteiger partial charge >= 0.3 is 0 Å². The Kier molecular flexibility index (Phi) is 4.99. The third kappa shape index (κ3) is 3.96. The third-order valence-corrected chi connectivity index (χ3v) is 4.61. The lowest BCUT2D eigenvalue weighted by Gasteiger charge is -2.09. The van der Waals surface area contributed by atoms with Crippen LogP contribution in [-0.2, 0) is 24.9 Å². The van der Waals surface area contributed by atoms with Crippen molar-refractivity contribution in [3.05, 3.63) is 59.4 Å².